The molecule has 0 aliphatic heterocycles. The van der Waals surface area contributed by atoms with Crippen molar-refractivity contribution in [2.24, 2.45) is 5.73 Å². The number of rotatable bonds is 2. The third-order valence-electron chi connectivity index (χ3n) is 3.86. The minimum Gasteiger partial charge on any atom is -0.327 e. The standard InChI is InChI=1S/C13H17BrFN/c1-9(16)13(6-2-3-7-13)10-4-5-11(14)12(15)8-10/h4-5,8-9H,2-3,6-7,16H2,1H3. The van der Waals surface area contributed by atoms with Crippen LogP contribution in [0.1, 0.15) is 38.2 Å². The first-order valence-electron chi connectivity index (χ1n) is 5.77. The molecular weight excluding hydrogens is 269 g/mol. The summed E-state index contributed by atoms with van der Waals surface area (Å²) in [4.78, 5) is 0. The summed E-state index contributed by atoms with van der Waals surface area (Å²) < 4.78 is 14.1. The fraction of sp³-hybridized carbons (Fsp3) is 0.538. The van der Waals surface area contributed by atoms with Crippen LogP contribution in [0.25, 0.3) is 0 Å². The van der Waals surface area contributed by atoms with Crippen LogP contribution in [0.5, 0.6) is 0 Å². The lowest BCUT2D eigenvalue weighted by Gasteiger charge is -2.34. The minimum atomic E-state index is -0.190. The van der Waals surface area contributed by atoms with Gasteiger partial charge in [0.15, 0.2) is 0 Å². The number of benzene rings is 1. The van der Waals surface area contributed by atoms with E-state index in [2.05, 4.69) is 15.9 Å². The van der Waals surface area contributed by atoms with Gasteiger partial charge in [-0.15, -0.1) is 0 Å². The van der Waals surface area contributed by atoms with E-state index >= 15 is 0 Å². The maximum atomic E-state index is 13.6. The molecule has 1 aliphatic carbocycles. The van der Waals surface area contributed by atoms with E-state index in [0.29, 0.717) is 4.47 Å². The zero-order chi connectivity index (χ0) is 11.8. The predicted octanol–water partition coefficient (Wildman–Crippen LogP) is 3.75. The molecule has 1 atom stereocenters. The van der Waals surface area contributed by atoms with Crippen LogP contribution in [0.15, 0.2) is 22.7 Å². The molecule has 0 radical (unpaired) electrons. The van der Waals surface area contributed by atoms with Crippen LogP contribution >= 0.6 is 15.9 Å². The molecule has 2 N–H and O–H groups in total. The topological polar surface area (TPSA) is 26.0 Å². The summed E-state index contributed by atoms with van der Waals surface area (Å²) in [6, 6.07) is 5.50. The molecule has 1 fully saturated rings. The molecule has 3 heteroatoms. The summed E-state index contributed by atoms with van der Waals surface area (Å²) in [5, 5.41) is 0. The molecule has 1 aromatic carbocycles. The zero-order valence-corrected chi connectivity index (χ0v) is 11.1. The van der Waals surface area contributed by atoms with Gasteiger partial charge < -0.3 is 5.73 Å². The van der Waals surface area contributed by atoms with Crippen molar-refractivity contribution in [2.75, 3.05) is 0 Å². The van der Waals surface area contributed by atoms with E-state index in [9.17, 15) is 4.39 Å². The van der Waals surface area contributed by atoms with Crippen molar-refractivity contribution >= 4 is 15.9 Å². The van der Waals surface area contributed by atoms with E-state index < -0.39 is 0 Å². The Morgan fingerprint density at radius 1 is 1.38 bits per heavy atom. The summed E-state index contributed by atoms with van der Waals surface area (Å²) in [6.45, 7) is 2.03. The average molecular weight is 286 g/mol. The van der Waals surface area contributed by atoms with Crippen molar-refractivity contribution in [1.29, 1.82) is 0 Å². The third kappa shape index (κ3) is 1.91. The zero-order valence-electron chi connectivity index (χ0n) is 9.47. The Morgan fingerprint density at radius 3 is 2.50 bits per heavy atom. The molecule has 1 aliphatic rings. The molecule has 1 saturated carbocycles. The number of nitrogens with two attached hydrogens (primary N) is 1. The maximum absolute atomic E-state index is 13.6. The van der Waals surface area contributed by atoms with Gasteiger partial charge in [-0.3, -0.25) is 0 Å². The van der Waals surface area contributed by atoms with Gasteiger partial charge >= 0.3 is 0 Å². The molecule has 1 nitrogen and oxygen atoms in total. The molecule has 88 valence electrons. The molecular formula is C13H17BrFN. The van der Waals surface area contributed by atoms with E-state index in [4.69, 9.17) is 5.73 Å². The summed E-state index contributed by atoms with van der Waals surface area (Å²) >= 11 is 3.19. The molecule has 0 amide bonds. The normalized spacial score (nSPS) is 21.0. The highest BCUT2D eigenvalue weighted by atomic mass is 79.9. The van der Waals surface area contributed by atoms with Gasteiger partial charge in [0.1, 0.15) is 5.82 Å². The second-order valence-electron chi connectivity index (χ2n) is 4.78. The molecule has 1 unspecified atom stereocenters. The fourth-order valence-corrected chi connectivity index (χ4v) is 3.07. The highest BCUT2D eigenvalue weighted by Crippen LogP contribution is 2.43. The Hall–Kier alpha value is -0.410. The first-order valence-corrected chi connectivity index (χ1v) is 6.57. The molecule has 16 heavy (non-hydrogen) atoms. The molecule has 1 aromatic rings. The van der Waals surface area contributed by atoms with Crippen LogP contribution < -0.4 is 5.73 Å². The van der Waals surface area contributed by atoms with E-state index in [1.165, 1.54) is 12.8 Å². The molecule has 0 saturated heterocycles. The monoisotopic (exact) mass is 285 g/mol. The Labute approximate surface area is 104 Å². The minimum absolute atomic E-state index is 0.0124. The van der Waals surface area contributed by atoms with Crippen LogP contribution in [-0.4, -0.2) is 6.04 Å². The lowest BCUT2D eigenvalue weighted by atomic mass is 9.74. The smallest absolute Gasteiger partial charge is 0.137 e. The van der Waals surface area contributed by atoms with Crippen LogP contribution in [0, 0.1) is 5.82 Å². The summed E-state index contributed by atoms with van der Waals surface area (Å²) in [5.41, 5.74) is 7.16. The SMILES string of the molecule is CC(N)C1(c2ccc(Br)c(F)c2)CCCC1. The lowest BCUT2D eigenvalue weighted by Crippen LogP contribution is -2.41. The fourth-order valence-electron chi connectivity index (χ4n) is 2.82. The first-order chi connectivity index (χ1) is 7.56. The molecule has 0 spiro atoms. The van der Waals surface area contributed by atoms with E-state index in [1.807, 2.05) is 13.0 Å². The van der Waals surface area contributed by atoms with Gasteiger partial charge in [0.05, 0.1) is 4.47 Å². The summed E-state index contributed by atoms with van der Waals surface area (Å²) in [6.07, 6.45) is 4.54. The van der Waals surface area contributed by atoms with Gasteiger partial charge in [-0.1, -0.05) is 18.9 Å². The quantitative estimate of drug-likeness (QED) is 0.880. The van der Waals surface area contributed by atoms with Crippen LogP contribution in [0.4, 0.5) is 4.39 Å². The van der Waals surface area contributed by atoms with Crippen molar-refractivity contribution in [3.05, 3.63) is 34.1 Å². The lowest BCUT2D eigenvalue weighted by molar-refractivity contribution is 0.367. The first kappa shape index (κ1) is 12.1. The number of hydrogen-bond acceptors (Lipinski definition) is 1. The van der Waals surface area contributed by atoms with Gasteiger partial charge in [-0.25, -0.2) is 4.39 Å². The highest BCUT2D eigenvalue weighted by Gasteiger charge is 2.39. The Morgan fingerprint density at radius 2 is 2.00 bits per heavy atom. The Balaban J connectivity index is 2.43. The van der Waals surface area contributed by atoms with Crippen LogP contribution in [-0.2, 0) is 5.41 Å². The predicted molar refractivity (Wildman–Crippen MR) is 67.9 cm³/mol. The maximum Gasteiger partial charge on any atom is 0.137 e. The molecule has 2 rings (SSSR count). The second kappa shape index (κ2) is 4.46. The van der Waals surface area contributed by atoms with Crippen molar-refractivity contribution in [2.45, 2.75) is 44.1 Å². The van der Waals surface area contributed by atoms with Crippen LogP contribution in [0.3, 0.4) is 0 Å². The summed E-state index contributed by atoms with van der Waals surface area (Å²) in [5.74, 6) is -0.190. The largest absolute Gasteiger partial charge is 0.327 e. The second-order valence-corrected chi connectivity index (χ2v) is 5.64. The van der Waals surface area contributed by atoms with E-state index in [-0.39, 0.29) is 17.3 Å². The van der Waals surface area contributed by atoms with Crippen LogP contribution in [0.2, 0.25) is 0 Å². The van der Waals surface area contributed by atoms with Crippen molar-refractivity contribution in [3.8, 4) is 0 Å². The highest BCUT2D eigenvalue weighted by molar-refractivity contribution is 9.10. The average Bonchev–Trinajstić information content (AvgIpc) is 2.72. The van der Waals surface area contributed by atoms with Crippen molar-refractivity contribution < 1.29 is 4.39 Å². The Bertz CT molecular complexity index is 384. The van der Waals surface area contributed by atoms with Gasteiger partial charge in [0.25, 0.3) is 0 Å². The van der Waals surface area contributed by atoms with Gasteiger partial charge in [-0.05, 0) is 53.4 Å². The summed E-state index contributed by atoms with van der Waals surface area (Å²) in [7, 11) is 0. The van der Waals surface area contributed by atoms with Crippen molar-refractivity contribution in [3.63, 3.8) is 0 Å². The molecule has 0 bridgehead atoms. The number of halogens is 2. The number of hydrogen-bond donors (Lipinski definition) is 1. The van der Waals surface area contributed by atoms with E-state index in [1.54, 1.807) is 12.1 Å². The third-order valence-corrected chi connectivity index (χ3v) is 4.51. The van der Waals surface area contributed by atoms with Gasteiger partial charge in [0, 0.05) is 11.5 Å². The Kier molecular flexibility index (Phi) is 3.36. The van der Waals surface area contributed by atoms with Gasteiger partial charge in [-0.2, -0.15) is 0 Å². The van der Waals surface area contributed by atoms with E-state index in [0.717, 1.165) is 18.4 Å². The molecule has 0 aromatic heterocycles. The molecule has 0 heterocycles. The van der Waals surface area contributed by atoms with Gasteiger partial charge in [0.2, 0.25) is 0 Å². The van der Waals surface area contributed by atoms with Crippen molar-refractivity contribution in [1.82, 2.24) is 0 Å².